The summed E-state index contributed by atoms with van der Waals surface area (Å²) in [6.07, 6.45) is 1.05. The molecule has 1 aromatic rings. The predicted molar refractivity (Wildman–Crippen MR) is 70.0 cm³/mol. The van der Waals surface area contributed by atoms with E-state index in [4.69, 9.17) is 5.11 Å². The largest absolute Gasteiger partial charge is 0.481 e. The first kappa shape index (κ1) is 13.5. The van der Waals surface area contributed by atoms with Gasteiger partial charge in [-0.2, -0.15) is 0 Å². The summed E-state index contributed by atoms with van der Waals surface area (Å²) in [5.74, 6) is -1.13. The van der Waals surface area contributed by atoms with Crippen LogP contribution in [0.1, 0.15) is 34.6 Å². The molecule has 0 unspecified atom stereocenters. The minimum Gasteiger partial charge on any atom is -0.481 e. The number of aliphatic carboxylic acids is 1. The van der Waals surface area contributed by atoms with E-state index >= 15 is 0 Å². The van der Waals surface area contributed by atoms with Crippen molar-refractivity contribution in [1.29, 1.82) is 0 Å². The molecule has 5 nitrogen and oxygen atoms in total. The molecular formula is C14H18N2O3. The van der Waals surface area contributed by atoms with Crippen LogP contribution in [0.5, 0.6) is 0 Å². The van der Waals surface area contributed by atoms with Gasteiger partial charge in [0, 0.05) is 18.8 Å². The van der Waals surface area contributed by atoms with Gasteiger partial charge in [0.25, 0.3) is 5.91 Å². The van der Waals surface area contributed by atoms with Crippen LogP contribution >= 0.6 is 0 Å². The van der Waals surface area contributed by atoms with E-state index in [0.29, 0.717) is 31.5 Å². The number of hydrogen-bond donors (Lipinski definition) is 1. The lowest BCUT2D eigenvalue weighted by molar-refractivity contribution is -0.143. The highest BCUT2D eigenvalue weighted by atomic mass is 16.4. The van der Waals surface area contributed by atoms with E-state index in [-0.39, 0.29) is 11.8 Å². The molecule has 1 N–H and O–H groups in total. The molecule has 1 amide bonds. The van der Waals surface area contributed by atoms with Crippen molar-refractivity contribution in [3.8, 4) is 0 Å². The molecule has 2 heterocycles. The maximum Gasteiger partial charge on any atom is 0.306 e. The Balaban J connectivity index is 2.07. The maximum absolute atomic E-state index is 12.3. The summed E-state index contributed by atoms with van der Waals surface area (Å²) in [6.45, 7) is 4.72. The lowest BCUT2D eigenvalue weighted by Gasteiger charge is -2.30. The average molecular weight is 262 g/mol. The van der Waals surface area contributed by atoms with Crippen molar-refractivity contribution < 1.29 is 14.7 Å². The zero-order valence-electron chi connectivity index (χ0n) is 11.2. The fourth-order valence-electron chi connectivity index (χ4n) is 2.41. The summed E-state index contributed by atoms with van der Waals surface area (Å²) in [5.41, 5.74) is 2.23. The van der Waals surface area contributed by atoms with E-state index in [2.05, 4.69) is 4.98 Å². The van der Waals surface area contributed by atoms with Crippen LogP contribution in [0.25, 0.3) is 0 Å². The summed E-state index contributed by atoms with van der Waals surface area (Å²) < 4.78 is 0. The van der Waals surface area contributed by atoms with Gasteiger partial charge in [-0.3, -0.25) is 14.6 Å². The molecule has 1 aliphatic heterocycles. The topological polar surface area (TPSA) is 70.5 Å². The van der Waals surface area contributed by atoms with Crippen molar-refractivity contribution in [3.63, 3.8) is 0 Å². The number of hydrogen-bond acceptors (Lipinski definition) is 3. The summed E-state index contributed by atoms with van der Waals surface area (Å²) in [7, 11) is 0. The Bertz CT molecular complexity index is 505. The van der Waals surface area contributed by atoms with Gasteiger partial charge in [-0.1, -0.05) is 0 Å². The van der Waals surface area contributed by atoms with Gasteiger partial charge in [-0.05, 0) is 38.8 Å². The lowest BCUT2D eigenvalue weighted by atomic mass is 9.96. The van der Waals surface area contributed by atoms with Gasteiger partial charge in [-0.25, -0.2) is 0 Å². The number of pyridine rings is 1. The Morgan fingerprint density at radius 1 is 1.26 bits per heavy atom. The predicted octanol–water partition coefficient (Wildman–Crippen LogP) is 1.64. The Kier molecular flexibility index (Phi) is 3.83. The van der Waals surface area contributed by atoms with Crippen LogP contribution in [0.15, 0.2) is 12.1 Å². The molecule has 19 heavy (non-hydrogen) atoms. The molecule has 102 valence electrons. The third-order valence-electron chi connectivity index (χ3n) is 3.59. The minimum absolute atomic E-state index is 0.0474. The zero-order chi connectivity index (χ0) is 14.0. The second-order valence-corrected chi connectivity index (χ2v) is 4.99. The first-order valence-corrected chi connectivity index (χ1v) is 6.45. The third kappa shape index (κ3) is 2.92. The van der Waals surface area contributed by atoms with Crippen LogP contribution in [0.3, 0.4) is 0 Å². The van der Waals surface area contributed by atoms with Crippen molar-refractivity contribution in [1.82, 2.24) is 9.88 Å². The summed E-state index contributed by atoms with van der Waals surface area (Å²) in [6, 6.07) is 3.62. The van der Waals surface area contributed by atoms with E-state index in [0.717, 1.165) is 11.4 Å². The first-order valence-electron chi connectivity index (χ1n) is 6.45. The number of nitrogens with zero attached hydrogens (tertiary/aromatic N) is 2. The van der Waals surface area contributed by atoms with Gasteiger partial charge in [0.1, 0.15) is 0 Å². The number of carboxylic acids is 1. The number of carbonyl (C=O) groups is 2. The van der Waals surface area contributed by atoms with E-state index in [9.17, 15) is 9.59 Å². The fourth-order valence-corrected chi connectivity index (χ4v) is 2.41. The van der Waals surface area contributed by atoms with E-state index in [1.54, 1.807) is 11.0 Å². The number of piperidine rings is 1. The number of carboxylic acid groups (broad SMARTS) is 1. The SMILES string of the molecule is Cc1ccc(C(=O)N2CCC(C(=O)O)CC2)c(C)n1. The second kappa shape index (κ2) is 5.38. The van der Waals surface area contributed by atoms with E-state index < -0.39 is 5.97 Å². The van der Waals surface area contributed by atoms with Crippen LogP contribution in [0, 0.1) is 19.8 Å². The second-order valence-electron chi connectivity index (χ2n) is 4.99. The van der Waals surface area contributed by atoms with Crippen molar-refractivity contribution in [2.45, 2.75) is 26.7 Å². The van der Waals surface area contributed by atoms with Crippen LogP contribution < -0.4 is 0 Å². The van der Waals surface area contributed by atoms with Gasteiger partial charge in [0.15, 0.2) is 0 Å². The van der Waals surface area contributed by atoms with Gasteiger partial charge >= 0.3 is 5.97 Å². The molecule has 1 saturated heterocycles. The highest BCUT2D eigenvalue weighted by Gasteiger charge is 2.28. The standard InChI is InChI=1S/C14H18N2O3/c1-9-3-4-12(10(2)15-9)13(17)16-7-5-11(6-8-16)14(18)19/h3-4,11H,5-8H2,1-2H3,(H,18,19). The maximum atomic E-state index is 12.3. The van der Waals surface area contributed by atoms with Gasteiger partial charge in [0.2, 0.25) is 0 Å². The Morgan fingerprint density at radius 3 is 2.42 bits per heavy atom. The molecule has 0 radical (unpaired) electrons. The first-order chi connectivity index (χ1) is 8.99. The molecule has 1 aliphatic rings. The summed E-state index contributed by atoms with van der Waals surface area (Å²) >= 11 is 0. The number of carbonyl (C=O) groups excluding carboxylic acids is 1. The quantitative estimate of drug-likeness (QED) is 0.879. The molecule has 0 aromatic carbocycles. The molecule has 2 rings (SSSR count). The van der Waals surface area contributed by atoms with Crippen molar-refractivity contribution in [3.05, 3.63) is 29.1 Å². The summed E-state index contributed by atoms with van der Waals surface area (Å²) in [4.78, 5) is 29.2. The Morgan fingerprint density at radius 2 is 1.89 bits per heavy atom. The highest BCUT2D eigenvalue weighted by Crippen LogP contribution is 2.20. The van der Waals surface area contributed by atoms with Crippen molar-refractivity contribution in [2.75, 3.05) is 13.1 Å². The minimum atomic E-state index is -0.764. The average Bonchev–Trinajstić information content (AvgIpc) is 2.38. The van der Waals surface area contributed by atoms with Crippen molar-refractivity contribution in [2.24, 2.45) is 5.92 Å². The highest BCUT2D eigenvalue weighted by molar-refractivity contribution is 5.95. The number of rotatable bonds is 2. The Hall–Kier alpha value is -1.91. The molecule has 0 aliphatic carbocycles. The Labute approximate surface area is 112 Å². The third-order valence-corrected chi connectivity index (χ3v) is 3.59. The summed E-state index contributed by atoms with van der Waals surface area (Å²) in [5, 5.41) is 8.94. The molecule has 0 atom stereocenters. The van der Waals surface area contributed by atoms with Gasteiger partial charge in [-0.15, -0.1) is 0 Å². The molecule has 5 heteroatoms. The molecule has 0 bridgehead atoms. The molecule has 1 fully saturated rings. The molecule has 0 spiro atoms. The lowest BCUT2D eigenvalue weighted by Crippen LogP contribution is -2.40. The number of likely N-dealkylation sites (tertiary alicyclic amines) is 1. The van der Waals surface area contributed by atoms with Crippen molar-refractivity contribution >= 4 is 11.9 Å². The van der Waals surface area contributed by atoms with Crippen LogP contribution in [0.4, 0.5) is 0 Å². The number of aryl methyl sites for hydroxylation is 2. The van der Waals surface area contributed by atoms with Crippen LogP contribution in [-0.2, 0) is 4.79 Å². The number of aromatic nitrogens is 1. The molecular weight excluding hydrogens is 244 g/mol. The van der Waals surface area contributed by atoms with E-state index in [1.807, 2.05) is 19.9 Å². The monoisotopic (exact) mass is 262 g/mol. The van der Waals surface area contributed by atoms with Crippen LogP contribution in [0.2, 0.25) is 0 Å². The van der Waals surface area contributed by atoms with E-state index in [1.165, 1.54) is 0 Å². The molecule has 0 saturated carbocycles. The van der Waals surface area contributed by atoms with Gasteiger partial charge < -0.3 is 10.0 Å². The fraction of sp³-hybridized carbons (Fsp3) is 0.500. The number of amides is 1. The van der Waals surface area contributed by atoms with Crippen LogP contribution in [-0.4, -0.2) is 40.0 Å². The zero-order valence-corrected chi connectivity index (χ0v) is 11.2. The normalized spacial score (nSPS) is 16.4. The molecule has 1 aromatic heterocycles. The smallest absolute Gasteiger partial charge is 0.306 e. The van der Waals surface area contributed by atoms with Gasteiger partial charge in [0.05, 0.1) is 17.2 Å².